The SMILES string of the molecule is CC(=O)NOc1cccc(NC(=O)COc2cccc3ccccc23)c1. The summed E-state index contributed by atoms with van der Waals surface area (Å²) in [5.41, 5.74) is 2.77. The molecule has 2 amide bonds. The second kappa shape index (κ2) is 8.02. The van der Waals surface area contributed by atoms with Gasteiger partial charge in [-0.1, -0.05) is 42.5 Å². The lowest BCUT2D eigenvalue weighted by molar-refractivity contribution is -0.125. The van der Waals surface area contributed by atoms with Crippen molar-refractivity contribution < 1.29 is 19.2 Å². The summed E-state index contributed by atoms with van der Waals surface area (Å²) in [6, 6.07) is 20.2. The molecule has 0 saturated heterocycles. The number of ether oxygens (including phenoxy) is 1. The van der Waals surface area contributed by atoms with Crippen molar-refractivity contribution in [2.45, 2.75) is 6.92 Å². The van der Waals surface area contributed by atoms with Crippen LogP contribution in [-0.4, -0.2) is 18.4 Å². The van der Waals surface area contributed by atoms with Crippen LogP contribution in [0.3, 0.4) is 0 Å². The molecule has 0 spiro atoms. The van der Waals surface area contributed by atoms with Crippen molar-refractivity contribution in [3.63, 3.8) is 0 Å². The Morgan fingerprint density at radius 2 is 1.73 bits per heavy atom. The van der Waals surface area contributed by atoms with E-state index in [1.807, 2.05) is 42.5 Å². The maximum absolute atomic E-state index is 12.2. The fraction of sp³-hybridized carbons (Fsp3) is 0.100. The third-order valence-electron chi connectivity index (χ3n) is 3.54. The summed E-state index contributed by atoms with van der Waals surface area (Å²) in [4.78, 5) is 28.1. The van der Waals surface area contributed by atoms with Gasteiger partial charge in [-0.3, -0.25) is 9.59 Å². The van der Waals surface area contributed by atoms with E-state index in [1.54, 1.807) is 24.3 Å². The molecule has 0 aliphatic carbocycles. The Labute approximate surface area is 150 Å². The van der Waals surface area contributed by atoms with E-state index in [0.29, 0.717) is 17.2 Å². The number of amides is 2. The van der Waals surface area contributed by atoms with Crippen molar-refractivity contribution >= 4 is 28.3 Å². The van der Waals surface area contributed by atoms with Gasteiger partial charge in [0.1, 0.15) is 5.75 Å². The molecule has 3 aromatic rings. The first-order valence-corrected chi connectivity index (χ1v) is 8.06. The average Bonchev–Trinajstić information content (AvgIpc) is 2.65. The molecule has 0 atom stereocenters. The molecular formula is C20H18N2O4. The maximum atomic E-state index is 12.2. The van der Waals surface area contributed by atoms with Gasteiger partial charge in [-0.25, -0.2) is 0 Å². The number of carbonyl (C=O) groups is 2. The molecule has 0 aliphatic heterocycles. The van der Waals surface area contributed by atoms with E-state index in [0.717, 1.165) is 10.8 Å². The van der Waals surface area contributed by atoms with Crippen LogP contribution >= 0.6 is 0 Å². The number of fused-ring (bicyclic) bond motifs is 1. The summed E-state index contributed by atoms with van der Waals surface area (Å²) >= 11 is 0. The van der Waals surface area contributed by atoms with Crippen molar-refractivity contribution in [1.29, 1.82) is 0 Å². The minimum absolute atomic E-state index is 0.120. The topological polar surface area (TPSA) is 76.7 Å². The molecule has 26 heavy (non-hydrogen) atoms. The van der Waals surface area contributed by atoms with Gasteiger partial charge in [0, 0.05) is 24.1 Å². The van der Waals surface area contributed by atoms with Crippen LogP contribution in [0.5, 0.6) is 11.5 Å². The number of rotatable bonds is 6. The zero-order chi connectivity index (χ0) is 18.4. The van der Waals surface area contributed by atoms with Crippen molar-refractivity contribution in [3.8, 4) is 11.5 Å². The smallest absolute Gasteiger partial charge is 0.262 e. The lowest BCUT2D eigenvalue weighted by Crippen LogP contribution is -2.24. The molecule has 0 heterocycles. The number of carbonyl (C=O) groups excluding carboxylic acids is 2. The monoisotopic (exact) mass is 350 g/mol. The van der Waals surface area contributed by atoms with Gasteiger partial charge >= 0.3 is 0 Å². The molecule has 3 aromatic carbocycles. The Morgan fingerprint density at radius 1 is 0.962 bits per heavy atom. The highest BCUT2D eigenvalue weighted by atomic mass is 16.7. The van der Waals surface area contributed by atoms with E-state index in [4.69, 9.17) is 9.57 Å². The molecule has 0 aromatic heterocycles. The molecular weight excluding hydrogens is 332 g/mol. The molecule has 0 saturated carbocycles. The van der Waals surface area contributed by atoms with Crippen molar-refractivity contribution in [2.75, 3.05) is 11.9 Å². The van der Waals surface area contributed by atoms with Gasteiger partial charge < -0.3 is 14.9 Å². The molecule has 6 heteroatoms. The van der Waals surface area contributed by atoms with Crippen LogP contribution in [-0.2, 0) is 9.59 Å². The Bertz CT molecular complexity index is 935. The first kappa shape index (κ1) is 17.3. The number of hydroxylamine groups is 1. The molecule has 0 bridgehead atoms. The molecule has 2 N–H and O–H groups in total. The fourth-order valence-corrected chi connectivity index (χ4v) is 2.43. The summed E-state index contributed by atoms with van der Waals surface area (Å²) in [5, 5.41) is 4.73. The van der Waals surface area contributed by atoms with E-state index in [-0.39, 0.29) is 18.4 Å². The van der Waals surface area contributed by atoms with Gasteiger partial charge in [-0.05, 0) is 23.6 Å². The van der Waals surface area contributed by atoms with Gasteiger partial charge in [-0.15, -0.1) is 0 Å². The summed E-state index contributed by atoms with van der Waals surface area (Å²) < 4.78 is 5.66. The van der Waals surface area contributed by atoms with Crippen LogP contribution in [0.25, 0.3) is 10.8 Å². The van der Waals surface area contributed by atoms with E-state index in [1.165, 1.54) is 6.92 Å². The highest BCUT2D eigenvalue weighted by Gasteiger charge is 2.07. The largest absolute Gasteiger partial charge is 0.483 e. The Hall–Kier alpha value is -3.54. The summed E-state index contributed by atoms with van der Waals surface area (Å²) in [7, 11) is 0. The van der Waals surface area contributed by atoms with Crippen LogP contribution in [0.15, 0.2) is 66.7 Å². The highest BCUT2D eigenvalue weighted by Crippen LogP contribution is 2.25. The van der Waals surface area contributed by atoms with Gasteiger partial charge in [0.15, 0.2) is 12.4 Å². The van der Waals surface area contributed by atoms with Gasteiger partial charge in [-0.2, -0.15) is 5.48 Å². The van der Waals surface area contributed by atoms with Gasteiger partial charge in [0.25, 0.3) is 5.91 Å². The van der Waals surface area contributed by atoms with E-state index >= 15 is 0 Å². The molecule has 132 valence electrons. The standard InChI is InChI=1S/C20H18N2O4/c1-14(23)22-26-17-9-5-8-16(12-17)21-20(24)13-25-19-11-4-7-15-6-2-3-10-18(15)19/h2-12H,13H2,1H3,(H,21,24)(H,22,23). The Balaban J connectivity index is 1.60. The second-order valence-electron chi connectivity index (χ2n) is 5.60. The normalized spacial score (nSPS) is 10.2. The zero-order valence-corrected chi connectivity index (χ0v) is 14.2. The number of nitrogens with one attached hydrogen (secondary N) is 2. The first-order chi connectivity index (χ1) is 12.6. The fourth-order valence-electron chi connectivity index (χ4n) is 2.43. The van der Waals surface area contributed by atoms with Crippen molar-refractivity contribution in [2.24, 2.45) is 0 Å². The summed E-state index contributed by atoms with van der Waals surface area (Å²) in [6.45, 7) is 1.22. The van der Waals surface area contributed by atoms with Crippen LogP contribution in [0.1, 0.15) is 6.92 Å². The molecule has 0 radical (unpaired) electrons. The van der Waals surface area contributed by atoms with E-state index < -0.39 is 0 Å². The maximum Gasteiger partial charge on any atom is 0.262 e. The van der Waals surface area contributed by atoms with Gasteiger partial charge in [0.2, 0.25) is 5.91 Å². The lowest BCUT2D eigenvalue weighted by Gasteiger charge is -2.11. The minimum Gasteiger partial charge on any atom is -0.483 e. The molecule has 0 unspecified atom stereocenters. The number of hydrogen-bond acceptors (Lipinski definition) is 4. The molecule has 0 fully saturated rings. The highest BCUT2D eigenvalue weighted by molar-refractivity contribution is 5.93. The van der Waals surface area contributed by atoms with Crippen molar-refractivity contribution in [3.05, 3.63) is 66.7 Å². The summed E-state index contributed by atoms with van der Waals surface area (Å²) in [5.74, 6) is 0.450. The quantitative estimate of drug-likeness (QED) is 0.669. The zero-order valence-electron chi connectivity index (χ0n) is 14.2. The van der Waals surface area contributed by atoms with Crippen LogP contribution in [0.2, 0.25) is 0 Å². The van der Waals surface area contributed by atoms with E-state index in [9.17, 15) is 9.59 Å². The number of hydrogen-bond donors (Lipinski definition) is 2. The summed E-state index contributed by atoms with van der Waals surface area (Å²) in [6.07, 6.45) is 0. The average molecular weight is 350 g/mol. The predicted octanol–water partition coefficient (Wildman–Crippen LogP) is 3.29. The van der Waals surface area contributed by atoms with Gasteiger partial charge in [0.05, 0.1) is 0 Å². The second-order valence-corrected chi connectivity index (χ2v) is 5.60. The molecule has 3 rings (SSSR count). The Morgan fingerprint density at radius 3 is 2.58 bits per heavy atom. The van der Waals surface area contributed by atoms with Crippen molar-refractivity contribution in [1.82, 2.24) is 5.48 Å². The first-order valence-electron chi connectivity index (χ1n) is 8.06. The van der Waals surface area contributed by atoms with Crippen LogP contribution < -0.4 is 20.4 Å². The van der Waals surface area contributed by atoms with Crippen LogP contribution in [0, 0.1) is 0 Å². The minimum atomic E-state index is -0.317. The molecule has 0 aliphatic rings. The Kier molecular flexibility index (Phi) is 5.34. The van der Waals surface area contributed by atoms with Crippen LogP contribution in [0.4, 0.5) is 5.69 Å². The number of anilines is 1. The van der Waals surface area contributed by atoms with E-state index in [2.05, 4.69) is 10.8 Å². The third kappa shape index (κ3) is 4.51. The number of benzene rings is 3. The lowest BCUT2D eigenvalue weighted by atomic mass is 10.1. The predicted molar refractivity (Wildman–Crippen MR) is 99.0 cm³/mol. The molecule has 6 nitrogen and oxygen atoms in total. The third-order valence-corrected chi connectivity index (χ3v) is 3.54.